The highest BCUT2D eigenvalue weighted by atomic mass is 16.5. The molecule has 0 heterocycles. The monoisotopic (exact) mass is 1070 g/mol. The highest BCUT2D eigenvalue weighted by molar-refractivity contribution is 5.84. The first-order valence-corrected chi connectivity index (χ1v) is 32.8. The molecule has 0 spiro atoms. The maximum absolute atomic E-state index is 13.8. The van der Waals surface area contributed by atoms with Gasteiger partial charge < -0.3 is 25.4 Å². The molecule has 5 atom stereocenters. The number of esters is 1. The Morgan fingerprint density at radius 2 is 0.908 bits per heavy atom. The molecule has 76 heavy (non-hydrogen) atoms. The zero-order valence-electron chi connectivity index (χ0n) is 50.3. The Kier molecular flexibility index (Phi) is 50.5. The molecule has 4 N–H and O–H groups in total. The molecule has 446 valence electrons. The number of rotatable bonds is 58. The van der Waals surface area contributed by atoms with Crippen LogP contribution in [0.25, 0.3) is 0 Å². The van der Waals surface area contributed by atoms with Gasteiger partial charge in [0, 0.05) is 39.1 Å². The van der Waals surface area contributed by atoms with Crippen molar-refractivity contribution >= 4 is 11.9 Å². The van der Waals surface area contributed by atoms with Gasteiger partial charge in [0.2, 0.25) is 5.91 Å². The SMILES string of the molecule is CCCCCCCCCCC(O)CN(CCCOC(=O)[C@H](CCC1=CCCC=C1)NC(=O)CCCN(CC(O)CCCCCCCCCC)CC(CCCCCCCCCC)N=O)CC(O)CCCCCCCCCC. The van der Waals surface area contributed by atoms with E-state index < -0.39 is 30.3 Å². The molecule has 0 aromatic heterocycles. The summed E-state index contributed by atoms with van der Waals surface area (Å²) in [6.07, 6.45) is 51.1. The Balaban J connectivity index is 2.90. The van der Waals surface area contributed by atoms with Crippen LogP contribution in [0.5, 0.6) is 0 Å². The van der Waals surface area contributed by atoms with Crippen molar-refractivity contribution in [2.75, 3.05) is 45.9 Å². The summed E-state index contributed by atoms with van der Waals surface area (Å²) in [5, 5.41) is 40.1. The summed E-state index contributed by atoms with van der Waals surface area (Å²) in [7, 11) is 0. The molecule has 0 aromatic rings. The van der Waals surface area contributed by atoms with Gasteiger partial charge in [-0.05, 0) is 70.8 Å². The number of nitroso groups, excluding NO2 is 1. The standard InChI is InChI=1S/C65H124N4O7/c1-5-9-13-17-21-25-29-36-44-59(67-75)54-68(55-60(70)45-37-30-26-22-18-14-10-6-2)51-40-48-64(73)66-63(50-49-58-42-34-33-35-43-58)65(74)76-53-41-52-69(56-61(71)46-38-31-27-23-19-15-11-7-3)57-62(72)47-39-32-28-24-20-16-12-8-4/h34,42-43,59-63,70-72H,5-33,35-41,44-57H2,1-4H3,(H,66,73)/t59?,60?,61?,62?,63-/m0/s1. The lowest BCUT2D eigenvalue weighted by atomic mass is 10.00. The molecule has 0 radical (unpaired) electrons. The molecule has 0 aliphatic heterocycles. The van der Waals surface area contributed by atoms with Gasteiger partial charge in [0.05, 0.1) is 24.9 Å². The maximum atomic E-state index is 13.8. The summed E-state index contributed by atoms with van der Waals surface area (Å²) >= 11 is 0. The lowest BCUT2D eigenvalue weighted by Crippen LogP contribution is -2.43. The number of allylic oxidation sites excluding steroid dienone is 4. The Bertz CT molecular complexity index is 1350. The maximum Gasteiger partial charge on any atom is 0.328 e. The average molecular weight is 1070 g/mol. The minimum Gasteiger partial charge on any atom is -0.464 e. The van der Waals surface area contributed by atoms with Crippen molar-refractivity contribution in [1.29, 1.82) is 0 Å². The molecule has 1 aliphatic rings. The second kappa shape index (κ2) is 53.5. The number of nitrogens with one attached hydrogen (secondary N) is 1. The van der Waals surface area contributed by atoms with Crippen LogP contribution in [-0.4, -0.2) is 113 Å². The Morgan fingerprint density at radius 3 is 1.32 bits per heavy atom. The van der Waals surface area contributed by atoms with Gasteiger partial charge in [-0.2, -0.15) is 4.91 Å². The van der Waals surface area contributed by atoms with Gasteiger partial charge in [-0.15, -0.1) is 0 Å². The quantitative estimate of drug-likeness (QED) is 0.0265. The van der Waals surface area contributed by atoms with Gasteiger partial charge in [0.15, 0.2) is 0 Å². The van der Waals surface area contributed by atoms with Crippen LogP contribution in [-0.2, 0) is 14.3 Å². The molecule has 0 saturated heterocycles. The first-order chi connectivity index (χ1) is 37.1. The number of ether oxygens (including phenoxy) is 1. The highest BCUT2D eigenvalue weighted by Crippen LogP contribution is 2.20. The predicted octanol–water partition coefficient (Wildman–Crippen LogP) is 16.2. The third-order valence-electron chi connectivity index (χ3n) is 15.7. The third-order valence-corrected chi connectivity index (χ3v) is 15.7. The van der Waals surface area contributed by atoms with E-state index in [1.165, 1.54) is 154 Å². The molecular formula is C65H124N4O7. The Morgan fingerprint density at radius 1 is 0.513 bits per heavy atom. The minimum absolute atomic E-state index is 0.188. The Hall–Kier alpha value is -2.18. The number of aliphatic hydroxyl groups is 3. The number of hydrogen-bond acceptors (Lipinski definition) is 10. The third kappa shape index (κ3) is 44.6. The lowest BCUT2D eigenvalue weighted by Gasteiger charge is -2.27. The summed E-state index contributed by atoms with van der Waals surface area (Å²) in [6, 6.07) is -1.14. The van der Waals surface area contributed by atoms with E-state index in [4.69, 9.17) is 4.74 Å². The smallest absolute Gasteiger partial charge is 0.328 e. The second-order valence-electron chi connectivity index (χ2n) is 23.3. The predicted molar refractivity (Wildman–Crippen MR) is 322 cm³/mol. The van der Waals surface area contributed by atoms with Gasteiger partial charge in [-0.25, -0.2) is 4.79 Å². The summed E-state index contributed by atoms with van der Waals surface area (Å²) in [4.78, 5) is 43.9. The summed E-state index contributed by atoms with van der Waals surface area (Å²) in [6.45, 7) is 12.2. The van der Waals surface area contributed by atoms with Gasteiger partial charge in [-0.3, -0.25) is 14.6 Å². The first kappa shape index (κ1) is 71.8. The van der Waals surface area contributed by atoms with E-state index in [2.05, 4.69) is 66.2 Å². The van der Waals surface area contributed by atoms with Crippen LogP contribution in [0.2, 0.25) is 0 Å². The lowest BCUT2D eigenvalue weighted by molar-refractivity contribution is -0.148. The molecule has 0 fully saturated rings. The number of carbonyl (C=O) groups excluding carboxylic acids is 2. The molecule has 4 unspecified atom stereocenters. The van der Waals surface area contributed by atoms with E-state index >= 15 is 0 Å². The number of aliphatic hydroxyl groups excluding tert-OH is 3. The fourth-order valence-electron chi connectivity index (χ4n) is 10.9. The van der Waals surface area contributed by atoms with Crippen LogP contribution in [0.15, 0.2) is 29.0 Å². The molecule has 1 rings (SSSR count). The van der Waals surface area contributed by atoms with Crippen LogP contribution in [0, 0.1) is 4.91 Å². The first-order valence-electron chi connectivity index (χ1n) is 32.8. The normalized spacial score (nSPS) is 14.7. The molecule has 0 bridgehead atoms. The van der Waals surface area contributed by atoms with Gasteiger partial charge >= 0.3 is 5.97 Å². The highest BCUT2D eigenvalue weighted by Gasteiger charge is 2.24. The molecule has 0 aromatic carbocycles. The fraction of sp³-hybridized carbons (Fsp3) is 0.908. The number of carbonyl (C=O) groups is 2. The Labute approximate surface area is 468 Å². The minimum atomic E-state index is -0.790. The average Bonchev–Trinajstić information content (AvgIpc) is 3.41. The zero-order valence-corrected chi connectivity index (χ0v) is 50.3. The molecule has 1 aliphatic carbocycles. The summed E-state index contributed by atoms with van der Waals surface area (Å²) in [5.74, 6) is -0.642. The van der Waals surface area contributed by atoms with E-state index in [-0.39, 0.29) is 25.0 Å². The summed E-state index contributed by atoms with van der Waals surface area (Å²) < 4.78 is 5.92. The number of amides is 1. The van der Waals surface area contributed by atoms with Crippen molar-refractivity contribution in [3.63, 3.8) is 0 Å². The van der Waals surface area contributed by atoms with E-state index in [0.717, 1.165) is 95.5 Å². The molecule has 11 nitrogen and oxygen atoms in total. The molecule has 0 saturated carbocycles. The molecular weight excluding hydrogens is 949 g/mol. The van der Waals surface area contributed by atoms with Crippen molar-refractivity contribution < 1.29 is 29.6 Å². The van der Waals surface area contributed by atoms with E-state index in [0.29, 0.717) is 65.0 Å². The number of unbranched alkanes of at least 4 members (excludes halogenated alkanes) is 28. The van der Waals surface area contributed by atoms with Crippen LogP contribution in [0.3, 0.4) is 0 Å². The van der Waals surface area contributed by atoms with Crippen LogP contribution in [0.4, 0.5) is 0 Å². The van der Waals surface area contributed by atoms with Crippen molar-refractivity contribution in [3.05, 3.63) is 28.7 Å². The van der Waals surface area contributed by atoms with Crippen molar-refractivity contribution in [2.45, 2.75) is 334 Å². The van der Waals surface area contributed by atoms with E-state index in [1.807, 2.05) is 0 Å². The van der Waals surface area contributed by atoms with E-state index in [9.17, 15) is 29.8 Å². The number of hydrogen-bond donors (Lipinski definition) is 4. The molecule has 11 heteroatoms. The van der Waals surface area contributed by atoms with Crippen molar-refractivity contribution in [2.24, 2.45) is 5.18 Å². The summed E-state index contributed by atoms with van der Waals surface area (Å²) in [5.41, 5.74) is 1.16. The zero-order chi connectivity index (χ0) is 55.4. The van der Waals surface area contributed by atoms with Gasteiger partial charge in [0.1, 0.15) is 12.1 Å². The van der Waals surface area contributed by atoms with Crippen molar-refractivity contribution in [3.8, 4) is 0 Å². The number of nitrogens with zero attached hydrogens (tertiary/aromatic N) is 3. The molecule has 1 amide bonds. The topological polar surface area (TPSA) is 152 Å². The largest absolute Gasteiger partial charge is 0.464 e. The van der Waals surface area contributed by atoms with Crippen LogP contribution < -0.4 is 5.32 Å². The second-order valence-corrected chi connectivity index (χ2v) is 23.3. The van der Waals surface area contributed by atoms with Gasteiger partial charge in [-0.1, -0.05) is 262 Å². The fourth-order valence-corrected chi connectivity index (χ4v) is 10.9. The van der Waals surface area contributed by atoms with Crippen LogP contribution >= 0.6 is 0 Å². The van der Waals surface area contributed by atoms with Crippen LogP contribution in [0.1, 0.15) is 304 Å². The van der Waals surface area contributed by atoms with Crippen molar-refractivity contribution in [1.82, 2.24) is 15.1 Å². The van der Waals surface area contributed by atoms with E-state index in [1.54, 1.807) is 0 Å². The van der Waals surface area contributed by atoms with Gasteiger partial charge in [0.25, 0.3) is 0 Å².